The van der Waals surface area contributed by atoms with Crippen molar-refractivity contribution in [2.45, 2.75) is 35.4 Å². The second-order valence-corrected chi connectivity index (χ2v) is 14.0. The molecule has 0 aliphatic carbocycles. The van der Waals surface area contributed by atoms with Gasteiger partial charge in [0.1, 0.15) is 20.1 Å². The van der Waals surface area contributed by atoms with Crippen molar-refractivity contribution in [1.82, 2.24) is 15.2 Å². The summed E-state index contributed by atoms with van der Waals surface area (Å²) in [4.78, 5) is 56.6. The second-order valence-electron chi connectivity index (χ2n) is 10.4. The van der Waals surface area contributed by atoms with Crippen LogP contribution in [0.3, 0.4) is 0 Å². The van der Waals surface area contributed by atoms with E-state index in [4.69, 9.17) is 12.2 Å². The molecular formula is C32H24KN3O6S4. The van der Waals surface area contributed by atoms with Gasteiger partial charge in [-0.3, -0.25) is 19.3 Å². The summed E-state index contributed by atoms with van der Waals surface area (Å²) in [5.74, 6) is -4.31. The molecule has 1 saturated heterocycles. The number of hydrogen-bond donors (Lipinski definition) is 2. The maximum atomic E-state index is 14.0. The van der Waals surface area contributed by atoms with Gasteiger partial charge in [-0.15, -0.1) is 22.7 Å². The number of benzene rings is 2. The first kappa shape index (κ1) is 34.8. The van der Waals surface area contributed by atoms with E-state index in [-0.39, 0.29) is 92.0 Å². The molecule has 228 valence electrons. The molecule has 0 radical (unpaired) electrons. The van der Waals surface area contributed by atoms with Gasteiger partial charge < -0.3 is 20.3 Å². The summed E-state index contributed by atoms with van der Waals surface area (Å²) in [6.07, 6.45) is -0.0326. The molecule has 46 heavy (non-hydrogen) atoms. The summed E-state index contributed by atoms with van der Waals surface area (Å²) in [6, 6.07) is 22.5. The van der Waals surface area contributed by atoms with Crippen LogP contribution in [0.15, 0.2) is 89.3 Å². The number of carbonyl (C=O) groups is 4. The zero-order chi connectivity index (χ0) is 31.7. The van der Waals surface area contributed by atoms with Crippen LogP contribution in [-0.4, -0.2) is 53.9 Å². The smallest absolute Gasteiger partial charge is 0.543 e. The van der Waals surface area contributed by atoms with Crippen molar-refractivity contribution in [1.29, 1.82) is 0 Å². The number of rotatable bonds is 11. The summed E-state index contributed by atoms with van der Waals surface area (Å²) < 4.78 is 0. The van der Waals surface area contributed by atoms with Crippen LogP contribution in [0.5, 0.6) is 0 Å². The number of carboxylic acids is 2. The number of thioether (sulfide) groups is 1. The number of thiophene rings is 1. The Morgan fingerprint density at radius 3 is 2.24 bits per heavy atom. The first-order valence-electron chi connectivity index (χ1n) is 13.8. The summed E-state index contributed by atoms with van der Waals surface area (Å²) >= 11 is 9.19. The fraction of sp³-hybridized carbons (Fsp3) is 0.188. The maximum Gasteiger partial charge on any atom is 1.00 e. The third kappa shape index (κ3) is 6.73. The number of thiocarbonyl (C=S) groups is 1. The fourth-order valence-corrected chi connectivity index (χ4v) is 9.46. The molecule has 6 rings (SSSR count). The first-order valence-corrected chi connectivity index (χ1v) is 16.9. The van der Waals surface area contributed by atoms with Crippen molar-refractivity contribution in [3.8, 4) is 0 Å². The number of aliphatic carboxylic acids is 2. The van der Waals surface area contributed by atoms with Crippen LogP contribution in [0.25, 0.3) is 5.57 Å². The summed E-state index contributed by atoms with van der Waals surface area (Å²) in [5, 5.41) is 28.5. The van der Waals surface area contributed by atoms with Gasteiger partial charge in [0, 0.05) is 22.6 Å². The predicted molar refractivity (Wildman–Crippen MR) is 174 cm³/mol. The van der Waals surface area contributed by atoms with Crippen LogP contribution >= 0.6 is 46.7 Å². The summed E-state index contributed by atoms with van der Waals surface area (Å²) in [6.45, 7) is 0. The van der Waals surface area contributed by atoms with Crippen molar-refractivity contribution in [3.05, 3.63) is 116 Å². The number of carbonyl (C=O) groups excluding carboxylic acids is 3. The molecule has 14 heteroatoms. The molecule has 2 atom stereocenters. The van der Waals surface area contributed by atoms with Crippen LogP contribution in [0, 0.1) is 0 Å². The molecule has 0 saturated carbocycles. The van der Waals surface area contributed by atoms with E-state index in [1.807, 2.05) is 78.2 Å². The van der Waals surface area contributed by atoms with E-state index in [0.29, 0.717) is 5.69 Å². The molecule has 4 heterocycles. The van der Waals surface area contributed by atoms with E-state index >= 15 is 0 Å². The fourth-order valence-electron chi connectivity index (χ4n) is 5.62. The normalized spacial score (nSPS) is 18.9. The molecular weight excluding hydrogens is 690 g/mol. The number of hydrogen-bond acceptors (Lipinski definition) is 10. The molecule has 2 aliphatic heterocycles. The Balaban J connectivity index is 0.00000417. The third-order valence-corrected chi connectivity index (χ3v) is 11.4. The minimum atomic E-state index is -1.62. The zero-order valence-corrected chi connectivity index (χ0v) is 30.8. The van der Waals surface area contributed by atoms with Crippen LogP contribution in [-0.2, 0) is 32.0 Å². The molecule has 4 aromatic rings. The van der Waals surface area contributed by atoms with Gasteiger partial charge in [-0.2, -0.15) is 0 Å². The minimum absolute atomic E-state index is 0. The van der Waals surface area contributed by atoms with Gasteiger partial charge in [0.2, 0.25) is 5.91 Å². The van der Waals surface area contributed by atoms with Crippen molar-refractivity contribution in [2.75, 3.05) is 0 Å². The van der Waals surface area contributed by atoms with Crippen molar-refractivity contribution in [2.24, 2.45) is 0 Å². The van der Waals surface area contributed by atoms with E-state index in [2.05, 4.69) is 10.3 Å². The Bertz CT molecular complexity index is 1790. The van der Waals surface area contributed by atoms with Gasteiger partial charge in [-0.1, -0.05) is 90.7 Å². The minimum Gasteiger partial charge on any atom is -0.543 e. The van der Waals surface area contributed by atoms with Crippen molar-refractivity contribution < 1.29 is 80.8 Å². The number of aromatic nitrogens is 1. The Kier molecular flexibility index (Phi) is 11.1. The molecule has 1 fully saturated rings. The number of fused-ring (bicyclic) bond motifs is 1. The number of nitrogens with zero attached hydrogens (tertiary/aromatic N) is 2. The molecule has 0 bridgehead atoms. The van der Waals surface area contributed by atoms with E-state index in [0.717, 1.165) is 32.2 Å². The largest absolute Gasteiger partial charge is 1.00 e. The van der Waals surface area contributed by atoms with Crippen molar-refractivity contribution >= 4 is 80.8 Å². The van der Waals surface area contributed by atoms with E-state index in [9.17, 15) is 29.4 Å². The summed E-state index contributed by atoms with van der Waals surface area (Å²) in [5.41, 5.74) is 1.65. The Morgan fingerprint density at radius 2 is 1.67 bits per heavy atom. The van der Waals surface area contributed by atoms with Crippen molar-refractivity contribution in [3.63, 3.8) is 0 Å². The molecule has 2 aromatic carbocycles. The molecule has 1 unspecified atom stereocenters. The zero-order valence-electron chi connectivity index (χ0n) is 24.4. The van der Waals surface area contributed by atoms with E-state index in [1.54, 1.807) is 5.38 Å². The number of β-lactam (4-membered cyclic amide) rings is 1. The van der Waals surface area contributed by atoms with Crippen LogP contribution in [0.2, 0.25) is 0 Å². The quantitative estimate of drug-likeness (QED) is 0.132. The topological polar surface area (TPSA) is 140 Å². The Morgan fingerprint density at radius 1 is 1.02 bits per heavy atom. The average Bonchev–Trinajstić information content (AvgIpc) is 3.72. The second kappa shape index (κ2) is 14.7. The van der Waals surface area contributed by atoms with Gasteiger partial charge in [0.15, 0.2) is 0 Å². The Hall–Kier alpha value is -2.53. The number of thiazole rings is 1. The maximum absolute atomic E-state index is 14.0. The monoisotopic (exact) mass is 713 g/mol. The summed E-state index contributed by atoms with van der Waals surface area (Å²) in [7, 11) is 0. The standard InChI is InChI=1S/C32H25N3O6S4.K/c36-22(16-21-12-7-15-43-21)34-32(24(18-8-3-1-4-9-18)19-10-5-2-6-11-19)25(28-33-20(17-44-28)13-14-23(37)38)26(31(40)41)35-29(39)27(42)30(35)45-32;/h1-12,15,17,24,30H,13-14,16H2,(H,34,36)(H,37,38)(H,40,41);/q;+1/p-1/t30-,32?;/m0./s1. The molecule has 2 amide bonds. The first-order chi connectivity index (χ1) is 21.7. The van der Waals surface area contributed by atoms with Crippen LogP contribution < -0.4 is 61.8 Å². The number of carboxylic acid groups (broad SMARTS) is 2. The number of aryl methyl sites for hydroxylation is 1. The van der Waals surface area contributed by atoms with Gasteiger partial charge in [0.05, 0.1) is 35.8 Å². The van der Waals surface area contributed by atoms with Gasteiger partial charge >= 0.3 is 57.4 Å². The van der Waals surface area contributed by atoms with Crippen LogP contribution in [0.4, 0.5) is 0 Å². The predicted octanol–water partition coefficient (Wildman–Crippen LogP) is 0.859. The molecule has 2 N–H and O–H groups in total. The molecule has 0 spiro atoms. The molecule has 2 aromatic heterocycles. The van der Waals surface area contributed by atoms with E-state index < -0.39 is 39.7 Å². The third-order valence-electron chi connectivity index (χ3n) is 7.50. The molecule has 9 nitrogen and oxygen atoms in total. The van der Waals surface area contributed by atoms with Crippen LogP contribution in [0.1, 0.15) is 39.0 Å². The number of nitrogens with one attached hydrogen (secondary N) is 1. The van der Waals surface area contributed by atoms with Gasteiger partial charge in [-0.25, -0.2) is 4.98 Å². The van der Waals surface area contributed by atoms with E-state index in [1.165, 1.54) is 23.1 Å². The van der Waals surface area contributed by atoms with Gasteiger partial charge in [-0.05, 0) is 22.6 Å². The number of amides is 2. The molecule has 2 aliphatic rings. The van der Waals surface area contributed by atoms with Gasteiger partial charge in [0.25, 0.3) is 5.91 Å². The average molecular weight is 714 g/mol. The SMILES string of the molecule is O=C(O)CCc1csc(C2=C(C(=O)[O-])N3C(=O)C(=S)[C@@H]3SC2(NC(=O)Cc2cccs2)C(c2ccccc2)c2ccccc2)n1.[K+]. The Labute approximate surface area is 324 Å².